The van der Waals surface area contributed by atoms with Crippen LogP contribution in [0.5, 0.6) is 0 Å². The first-order valence-corrected chi connectivity index (χ1v) is 9.78. The average molecular weight is 368 g/mol. The normalized spacial score (nSPS) is 11.0. The van der Waals surface area contributed by atoms with Crippen LogP contribution in [0.2, 0.25) is 0 Å². The van der Waals surface area contributed by atoms with Crippen LogP contribution in [0.15, 0.2) is 78.9 Å². The van der Waals surface area contributed by atoms with E-state index in [2.05, 4.69) is 71.3 Å². The number of carbonyl (C=O) groups excluding carboxylic acids is 1. The van der Waals surface area contributed by atoms with Gasteiger partial charge in [-0.25, -0.2) is 4.98 Å². The average Bonchev–Trinajstić information content (AvgIpc) is 3.10. The molecular formula is C25H24N2O. The maximum absolute atomic E-state index is 11.3. The molecule has 0 radical (unpaired) electrons. The molecule has 0 aliphatic rings. The molecule has 1 heterocycles. The summed E-state index contributed by atoms with van der Waals surface area (Å²) in [6.07, 6.45) is 2.31. The van der Waals surface area contributed by atoms with Crippen LogP contribution in [0.25, 0.3) is 22.4 Å². The van der Waals surface area contributed by atoms with Gasteiger partial charge in [-0.05, 0) is 49.1 Å². The van der Waals surface area contributed by atoms with Crippen LogP contribution in [-0.4, -0.2) is 15.3 Å². The van der Waals surface area contributed by atoms with Crippen LogP contribution in [-0.2, 0) is 24.2 Å². The number of aromatic nitrogens is 2. The largest absolute Gasteiger partial charge is 0.324 e. The van der Waals surface area contributed by atoms with E-state index in [-0.39, 0.29) is 5.78 Å². The Balaban J connectivity index is 1.70. The van der Waals surface area contributed by atoms with E-state index in [0.717, 1.165) is 41.8 Å². The maximum Gasteiger partial charge on any atom is 0.141 e. The molecule has 3 nitrogen and oxygen atoms in total. The van der Waals surface area contributed by atoms with E-state index < -0.39 is 0 Å². The molecule has 28 heavy (non-hydrogen) atoms. The Labute approximate surface area is 165 Å². The van der Waals surface area contributed by atoms with E-state index in [0.29, 0.717) is 6.42 Å². The molecule has 1 aromatic heterocycles. The second kappa shape index (κ2) is 8.22. The number of benzene rings is 3. The lowest BCUT2D eigenvalue weighted by Crippen LogP contribution is -2.04. The highest BCUT2D eigenvalue weighted by Crippen LogP contribution is 2.26. The molecule has 0 saturated heterocycles. The van der Waals surface area contributed by atoms with Gasteiger partial charge in [0.05, 0.1) is 11.0 Å². The fraction of sp³-hybridized carbons (Fsp3) is 0.200. The summed E-state index contributed by atoms with van der Waals surface area (Å²) >= 11 is 0. The summed E-state index contributed by atoms with van der Waals surface area (Å²) in [4.78, 5) is 16.3. The number of hydrogen-bond donors (Lipinski definition) is 0. The highest BCUT2D eigenvalue weighted by molar-refractivity contribution is 5.81. The third kappa shape index (κ3) is 4.04. The number of Topliss-reactive ketones (excluding diaryl/α,β-unsaturated/α-hetero) is 1. The summed E-state index contributed by atoms with van der Waals surface area (Å²) < 4.78 is 2.31. The van der Waals surface area contributed by atoms with Gasteiger partial charge in [0.15, 0.2) is 0 Å². The van der Waals surface area contributed by atoms with Gasteiger partial charge < -0.3 is 9.36 Å². The minimum Gasteiger partial charge on any atom is -0.324 e. The van der Waals surface area contributed by atoms with Crippen molar-refractivity contribution in [1.82, 2.24) is 9.55 Å². The van der Waals surface area contributed by atoms with Crippen molar-refractivity contribution < 1.29 is 4.79 Å². The molecule has 0 atom stereocenters. The van der Waals surface area contributed by atoms with Gasteiger partial charge in [0.25, 0.3) is 0 Å². The first kappa shape index (κ1) is 18.2. The van der Waals surface area contributed by atoms with Gasteiger partial charge in [-0.2, -0.15) is 0 Å². The molecule has 0 aliphatic heterocycles. The number of imidazole rings is 1. The summed E-state index contributed by atoms with van der Waals surface area (Å²) in [6.45, 7) is 2.52. The molecule has 4 rings (SSSR count). The Morgan fingerprint density at radius 1 is 0.857 bits per heavy atom. The minimum absolute atomic E-state index is 0.223. The van der Waals surface area contributed by atoms with Crippen LogP contribution >= 0.6 is 0 Å². The Morgan fingerprint density at radius 2 is 1.61 bits per heavy atom. The number of nitrogens with zero attached hydrogens (tertiary/aromatic N) is 2. The summed E-state index contributed by atoms with van der Waals surface area (Å²) in [5, 5.41) is 0. The molecule has 0 aliphatic carbocycles. The second-order valence-electron chi connectivity index (χ2n) is 7.21. The van der Waals surface area contributed by atoms with Gasteiger partial charge in [0, 0.05) is 18.5 Å². The van der Waals surface area contributed by atoms with Crippen molar-refractivity contribution in [3.05, 3.63) is 90.0 Å². The van der Waals surface area contributed by atoms with Crippen molar-refractivity contribution in [3.63, 3.8) is 0 Å². The van der Waals surface area contributed by atoms with Crippen LogP contribution in [0.1, 0.15) is 24.5 Å². The zero-order valence-corrected chi connectivity index (χ0v) is 16.1. The molecule has 4 aromatic rings. The van der Waals surface area contributed by atoms with E-state index in [9.17, 15) is 4.79 Å². The minimum atomic E-state index is 0.223. The van der Waals surface area contributed by atoms with Crippen LogP contribution < -0.4 is 0 Å². The quantitative estimate of drug-likeness (QED) is 0.434. The monoisotopic (exact) mass is 368 g/mol. The van der Waals surface area contributed by atoms with E-state index in [4.69, 9.17) is 4.98 Å². The molecule has 0 amide bonds. The first-order chi connectivity index (χ1) is 13.7. The Hall–Kier alpha value is -3.20. The Kier molecular flexibility index (Phi) is 5.34. The van der Waals surface area contributed by atoms with E-state index in [1.807, 2.05) is 12.1 Å². The van der Waals surface area contributed by atoms with E-state index in [1.165, 1.54) is 11.1 Å². The predicted octanol–water partition coefficient (Wildman–Crippen LogP) is 5.47. The molecule has 3 heteroatoms. The first-order valence-electron chi connectivity index (χ1n) is 9.78. The molecule has 3 aromatic carbocycles. The zero-order chi connectivity index (χ0) is 19.3. The summed E-state index contributed by atoms with van der Waals surface area (Å²) in [5.74, 6) is 1.21. The van der Waals surface area contributed by atoms with Crippen LogP contribution in [0, 0.1) is 0 Å². The number of carbonyl (C=O) groups is 1. The highest BCUT2D eigenvalue weighted by atomic mass is 16.1. The third-order valence-corrected chi connectivity index (χ3v) is 5.07. The fourth-order valence-corrected chi connectivity index (χ4v) is 3.59. The number of hydrogen-bond acceptors (Lipinski definition) is 2. The lowest BCUT2D eigenvalue weighted by Gasteiger charge is -2.11. The fourth-order valence-electron chi connectivity index (χ4n) is 3.59. The molecule has 0 unspecified atom stereocenters. The van der Waals surface area contributed by atoms with Gasteiger partial charge >= 0.3 is 0 Å². The van der Waals surface area contributed by atoms with Crippen molar-refractivity contribution in [3.8, 4) is 11.4 Å². The smallest absolute Gasteiger partial charge is 0.141 e. The highest BCUT2D eigenvalue weighted by Gasteiger charge is 2.13. The van der Waals surface area contributed by atoms with Crippen LogP contribution in [0.3, 0.4) is 0 Å². The van der Waals surface area contributed by atoms with Crippen molar-refractivity contribution in [1.29, 1.82) is 0 Å². The number of para-hydroxylation sites is 2. The molecular weight excluding hydrogens is 344 g/mol. The van der Waals surface area contributed by atoms with Crippen LogP contribution in [0.4, 0.5) is 0 Å². The maximum atomic E-state index is 11.3. The number of ketones is 1. The lowest BCUT2D eigenvalue weighted by atomic mass is 10.0. The molecule has 0 N–H and O–H groups in total. The topological polar surface area (TPSA) is 34.9 Å². The second-order valence-corrected chi connectivity index (χ2v) is 7.21. The Morgan fingerprint density at radius 3 is 2.43 bits per heavy atom. The van der Waals surface area contributed by atoms with Crippen molar-refractivity contribution in [2.45, 2.75) is 32.7 Å². The van der Waals surface area contributed by atoms with Crippen molar-refractivity contribution in [2.75, 3.05) is 0 Å². The lowest BCUT2D eigenvalue weighted by molar-refractivity contribution is -0.116. The zero-order valence-electron chi connectivity index (χ0n) is 16.1. The molecule has 140 valence electrons. The predicted molar refractivity (Wildman–Crippen MR) is 114 cm³/mol. The number of fused-ring (bicyclic) bond motifs is 1. The Bertz CT molecular complexity index is 1100. The molecule has 0 saturated carbocycles. The van der Waals surface area contributed by atoms with Crippen molar-refractivity contribution in [2.24, 2.45) is 0 Å². The van der Waals surface area contributed by atoms with E-state index in [1.54, 1.807) is 6.92 Å². The van der Waals surface area contributed by atoms with Gasteiger partial charge in [0.2, 0.25) is 0 Å². The standard InChI is InChI=1S/C25H24N2O/c1-19(28)14-15-21-10-7-11-22(18-21)25-26-23-12-5-6-13-24(23)27(25)17-16-20-8-3-2-4-9-20/h2-13,18H,14-17H2,1H3. The third-order valence-electron chi connectivity index (χ3n) is 5.07. The van der Waals surface area contributed by atoms with Gasteiger partial charge in [-0.15, -0.1) is 0 Å². The van der Waals surface area contributed by atoms with E-state index >= 15 is 0 Å². The summed E-state index contributed by atoms with van der Waals surface area (Å²) in [6, 6.07) is 27.3. The number of aryl methyl sites for hydroxylation is 3. The molecule has 0 fully saturated rings. The van der Waals surface area contributed by atoms with Gasteiger partial charge in [-0.3, -0.25) is 0 Å². The molecule has 0 bridgehead atoms. The van der Waals surface area contributed by atoms with Gasteiger partial charge in [0.1, 0.15) is 11.6 Å². The summed E-state index contributed by atoms with van der Waals surface area (Å²) in [7, 11) is 0. The molecule has 0 spiro atoms. The summed E-state index contributed by atoms with van der Waals surface area (Å²) in [5.41, 5.74) is 5.77. The van der Waals surface area contributed by atoms with Gasteiger partial charge in [-0.1, -0.05) is 60.7 Å². The van der Waals surface area contributed by atoms with Crippen molar-refractivity contribution >= 4 is 16.8 Å². The number of rotatable bonds is 7. The SMILES string of the molecule is CC(=O)CCc1cccc(-c2nc3ccccc3n2CCc2ccccc2)c1.